The van der Waals surface area contributed by atoms with Crippen LogP contribution in [-0.4, -0.2) is 53.7 Å². The largest absolute Gasteiger partial charge is 0.482 e. The highest BCUT2D eigenvalue weighted by Crippen LogP contribution is 2.31. The van der Waals surface area contributed by atoms with Crippen LogP contribution in [0.15, 0.2) is 24.5 Å². The van der Waals surface area contributed by atoms with Crippen LogP contribution < -0.4 is 20.5 Å². The lowest BCUT2D eigenvalue weighted by Crippen LogP contribution is -2.38. The minimum Gasteiger partial charge on any atom is -0.482 e. The maximum Gasteiger partial charge on any atom is 0.355 e. The van der Waals surface area contributed by atoms with E-state index in [1.807, 2.05) is 0 Å². The molecule has 1 aromatic carbocycles. The molecule has 2 heterocycles. The van der Waals surface area contributed by atoms with E-state index in [4.69, 9.17) is 32.7 Å². The number of hydrogen-bond acceptors (Lipinski definition) is 9. The Balaban J connectivity index is 1.64. The predicted molar refractivity (Wildman–Crippen MR) is 105 cm³/mol. The van der Waals surface area contributed by atoms with Gasteiger partial charge in [-0.1, -0.05) is 23.2 Å². The number of benzene rings is 1. The fourth-order valence-corrected chi connectivity index (χ4v) is 3.00. The second-order valence-corrected chi connectivity index (χ2v) is 6.63. The quantitative estimate of drug-likeness (QED) is 0.487. The molecule has 2 N–H and O–H groups in total. The molecule has 1 fully saturated rings. The fourth-order valence-electron chi connectivity index (χ4n) is 2.54. The molecule has 1 aromatic heterocycles. The first-order valence-corrected chi connectivity index (χ1v) is 9.16. The number of ether oxygens (including phenoxy) is 2. The number of amides is 1. The van der Waals surface area contributed by atoms with E-state index in [2.05, 4.69) is 20.8 Å². The summed E-state index contributed by atoms with van der Waals surface area (Å²) in [6, 6.07) is 4.57. The topological polar surface area (TPSA) is 132 Å². The Kier molecular flexibility index (Phi) is 6.86. The van der Waals surface area contributed by atoms with Gasteiger partial charge in [0.05, 0.1) is 23.2 Å². The molecule has 29 heavy (non-hydrogen) atoms. The van der Waals surface area contributed by atoms with E-state index >= 15 is 0 Å². The summed E-state index contributed by atoms with van der Waals surface area (Å²) in [5.74, 6) is -0.329. The predicted octanol–water partition coefficient (Wildman–Crippen LogP) is 2.05. The van der Waals surface area contributed by atoms with Crippen molar-refractivity contribution in [2.75, 3.05) is 43.2 Å². The molecule has 0 spiro atoms. The third-order valence-corrected chi connectivity index (χ3v) is 4.40. The number of hydrazine groups is 1. The van der Waals surface area contributed by atoms with E-state index in [0.717, 1.165) is 0 Å². The molecule has 1 aliphatic heterocycles. The number of nitrogens with zero attached hydrogens (tertiary/aromatic N) is 4. The molecule has 0 atom stereocenters. The van der Waals surface area contributed by atoms with E-state index in [1.54, 1.807) is 11.0 Å². The molecule has 0 saturated carbocycles. The molecule has 1 aliphatic rings. The Morgan fingerprint density at radius 3 is 2.76 bits per heavy atom. The number of carbonyl (C=O) groups is 1. The average molecular weight is 443 g/mol. The van der Waals surface area contributed by atoms with Gasteiger partial charge in [-0.2, -0.15) is 0 Å². The molecule has 154 valence electrons. The van der Waals surface area contributed by atoms with Gasteiger partial charge in [-0.3, -0.25) is 25.8 Å². The summed E-state index contributed by atoms with van der Waals surface area (Å²) < 4.78 is 10.6. The lowest BCUT2D eigenvalue weighted by atomic mass is 10.3. The van der Waals surface area contributed by atoms with Crippen LogP contribution in [0.2, 0.25) is 10.0 Å². The minimum absolute atomic E-state index is 0.147. The van der Waals surface area contributed by atoms with Gasteiger partial charge in [-0.15, -0.1) is 0 Å². The summed E-state index contributed by atoms with van der Waals surface area (Å²) in [5, 5.41) is 12.3. The van der Waals surface area contributed by atoms with Crippen LogP contribution in [0, 0.1) is 10.1 Å². The highest BCUT2D eigenvalue weighted by Gasteiger charge is 2.28. The van der Waals surface area contributed by atoms with Gasteiger partial charge in [-0.05, 0) is 18.2 Å². The third-order valence-electron chi connectivity index (χ3n) is 3.87. The molecular formula is C16H16Cl2N6O5. The average Bonchev–Trinajstić information content (AvgIpc) is 2.71. The Bertz CT molecular complexity index is 909. The van der Waals surface area contributed by atoms with Crippen molar-refractivity contribution in [1.82, 2.24) is 15.4 Å². The van der Waals surface area contributed by atoms with Crippen molar-refractivity contribution in [1.29, 1.82) is 0 Å². The van der Waals surface area contributed by atoms with Gasteiger partial charge in [0.25, 0.3) is 5.91 Å². The summed E-state index contributed by atoms with van der Waals surface area (Å²) in [6.07, 6.45) is 1.18. The number of rotatable bonds is 7. The van der Waals surface area contributed by atoms with Crippen molar-refractivity contribution in [2.24, 2.45) is 0 Å². The molecule has 11 nitrogen and oxygen atoms in total. The van der Waals surface area contributed by atoms with Crippen molar-refractivity contribution >= 4 is 46.4 Å². The molecule has 0 aliphatic carbocycles. The molecule has 0 bridgehead atoms. The molecule has 1 saturated heterocycles. The van der Waals surface area contributed by atoms with Crippen molar-refractivity contribution in [3.8, 4) is 5.75 Å². The van der Waals surface area contributed by atoms with Gasteiger partial charge in [0.1, 0.15) is 12.1 Å². The second kappa shape index (κ2) is 9.54. The second-order valence-electron chi connectivity index (χ2n) is 5.79. The normalized spacial score (nSPS) is 13.7. The standard InChI is InChI=1S/C16H16Cl2N6O5/c17-10-1-2-12(11(18)7-10)29-8-13(25)21-22-15-14(24(26)27)16(20-9-19-15)23-3-5-28-6-4-23/h1-2,7,9H,3-6,8H2,(H,21,25)(H,19,20,22). The number of hydrogen-bond donors (Lipinski definition) is 2. The number of nitrogens with one attached hydrogen (secondary N) is 2. The van der Waals surface area contributed by atoms with Crippen LogP contribution in [0.5, 0.6) is 5.75 Å². The number of halogens is 2. The van der Waals surface area contributed by atoms with Crippen LogP contribution >= 0.6 is 23.2 Å². The zero-order valence-corrected chi connectivity index (χ0v) is 16.4. The number of morpholine rings is 1. The number of nitro groups is 1. The molecule has 1 amide bonds. The zero-order chi connectivity index (χ0) is 20.8. The van der Waals surface area contributed by atoms with Crippen LogP contribution in [0.4, 0.5) is 17.3 Å². The molecule has 13 heteroatoms. The fraction of sp³-hybridized carbons (Fsp3) is 0.312. The highest BCUT2D eigenvalue weighted by molar-refractivity contribution is 6.35. The lowest BCUT2D eigenvalue weighted by molar-refractivity contribution is -0.383. The molecule has 0 radical (unpaired) electrons. The van der Waals surface area contributed by atoms with Crippen molar-refractivity contribution in [2.45, 2.75) is 0 Å². The van der Waals surface area contributed by atoms with Crippen LogP contribution in [0.25, 0.3) is 0 Å². The summed E-state index contributed by atoms with van der Waals surface area (Å²) >= 11 is 11.8. The first-order valence-electron chi connectivity index (χ1n) is 8.40. The van der Waals surface area contributed by atoms with E-state index in [9.17, 15) is 14.9 Å². The van der Waals surface area contributed by atoms with Crippen molar-refractivity contribution < 1.29 is 19.2 Å². The maximum atomic E-state index is 12.0. The van der Waals surface area contributed by atoms with Gasteiger partial charge in [0, 0.05) is 18.1 Å². The zero-order valence-electron chi connectivity index (χ0n) is 14.9. The van der Waals surface area contributed by atoms with Gasteiger partial charge in [0.15, 0.2) is 6.61 Å². The monoisotopic (exact) mass is 442 g/mol. The van der Waals surface area contributed by atoms with Crippen LogP contribution in [0.1, 0.15) is 0 Å². The summed E-state index contributed by atoms with van der Waals surface area (Å²) in [4.78, 5) is 32.6. The smallest absolute Gasteiger partial charge is 0.355 e. The third kappa shape index (κ3) is 5.34. The summed E-state index contributed by atoms with van der Waals surface area (Å²) in [7, 11) is 0. The van der Waals surface area contributed by atoms with E-state index in [-0.39, 0.29) is 34.7 Å². The summed E-state index contributed by atoms with van der Waals surface area (Å²) in [6.45, 7) is 1.40. The van der Waals surface area contributed by atoms with Crippen molar-refractivity contribution in [3.05, 3.63) is 44.7 Å². The highest BCUT2D eigenvalue weighted by atomic mass is 35.5. The molecule has 3 rings (SSSR count). The SMILES string of the molecule is O=C(COc1ccc(Cl)cc1Cl)NNc1ncnc(N2CCOCC2)c1[N+](=O)[O-]. The number of anilines is 2. The Labute approximate surface area is 175 Å². The summed E-state index contributed by atoms with van der Waals surface area (Å²) in [5.41, 5.74) is 4.40. The molecule has 0 unspecified atom stereocenters. The van der Waals surface area contributed by atoms with Gasteiger partial charge in [0.2, 0.25) is 11.6 Å². The van der Waals surface area contributed by atoms with E-state index in [0.29, 0.717) is 31.3 Å². The number of carbonyl (C=O) groups excluding carboxylic acids is 1. The van der Waals surface area contributed by atoms with Gasteiger partial charge in [-0.25, -0.2) is 9.97 Å². The maximum absolute atomic E-state index is 12.0. The minimum atomic E-state index is -0.608. The Morgan fingerprint density at radius 1 is 1.31 bits per heavy atom. The first-order chi connectivity index (χ1) is 14.0. The molecule has 2 aromatic rings. The molecular weight excluding hydrogens is 427 g/mol. The van der Waals surface area contributed by atoms with E-state index in [1.165, 1.54) is 18.5 Å². The Morgan fingerprint density at radius 2 is 2.07 bits per heavy atom. The van der Waals surface area contributed by atoms with Crippen LogP contribution in [-0.2, 0) is 9.53 Å². The first kappa shape index (κ1) is 20.8. The van der Waals surface area contributed by atoms with Crippen molar-refractivity contribution in [3.63, 3.8) is 0 Å². The van der Waals surface area contributed by atoms with Gasteiger partial charge < -0.3 is 14.4 Å². The number of aromatic nitrogens is 2. The van der Waals surface area contributed by atoms with Crippen LogP contribution in [0.3, 0.4) is 0 Å². The Hall–Kier alpha value is -2.89. The lowest BCUT2D eigenvalue weighted by Gasteiger charge is -2.27. The van der Waals surface area contributed by atoms with Gasteiger partial charge >= 0.3 is 5.69 Å². The van der Waals surface area contributed by atoms with E-state index < -0.39 is 10.8 Å².